The van der Waals surface area contributed by atoms with Crippen LogP contribution in [0.2, 0.25) is 0 Å². The minimum atomic E-state index is -0.281. The number of methoxy groups -OCH3 is 1. The highest BCUT2D eigenvalue weighted by molar-refractivity contribution is 7.99. The van der Waals surface area contributed by atoms with Gasteiger partial charge in [0.15, 0.2) is 0 Å². The molecule has 0 aliphatic rings. The predicted molar refractivity (Wildman–Crippen MR) is 59.2 cm³/mol. The van der Waals surface area contributed by atoms with E-state index in [9.17, 15) is 9.18 Å². The maximum Gasteiger partial charge on any atom is 0.318 e. The van der Waals surface area contributed by atoms with Gasteiger partial charge in [0, 0.05) is 5.75 Å². The van der Waals surface area contributed by atoms with Crippen molar-refractivity contribution in [1.29, 1.82) is 0 Å². The predicted octanol–water partition coefficient (Wildman–Crippen LogP) is 2.62. The van der Waals surface area contributed by atoms with Gasteiger partial charge in [0.25, 0.3) is 0 Å². The van der Waals surface area contributed by atoms with Gasteiger partial charge < -0.3 is 4.74 Å². The van der Waals surface area contributed by atoms with Crippen molar-refractivity contribution in [2.45, 2.75) is 17.9 Å². The number of carbonyl (C=O) groups is 1. The number of esters is 1. The van der Waals surface area contributed by atoms with Crippen LogP contribution in [0.1, 0.15) is 12.5 Å². The van der Waals surface area contributed by atoms with E-state index >= 15 is 0 Å². The smallest absolute Gasteiger partial charge is 0.318 e. The van der Waals surface area contributed by atoms with Gasteiger partial charge in [0.2, 0.25) is 0 Å². The number of benzene rings is 1. The van der Waals surface area contributed by atoms with Gasteiger partial charge in [0.1, 0.15) is 5.82 Å². The number of rotatable bonds is 4. The number of hydrogen-bond acceptors (Lipinski definition) is 3. The molecular formula is C11H13FO2S. The fourth-order valence-corrected chi connectivity index (χ4v) is 1.96. The van der Waals surface area contributed by atoms with E-state index in [1.54, 1.807) is 25.1 Å². The van der Waals surface area contributed by atoms with E-state index in [-0.39, 0.29) is 17.0 Å². The van der Waals surface area contributed by atoms with Gasteiger partial charge >= 0.3 is 5.97 Å². The first kappa shape index (κ1) is 12.0. The molecule has 0 spiro atoms. The summed E-state index contributed by atoms with van der Waals surface area (Å²) in [6, 6.07) is 6.56. The summed E-state index contributed by atoms with van der Waals surface area (Å²) in [6.45, 7) is 1.75. The number of halogens is 1. The van der Waals surface area contributed by atoms with Crippen LogP contribution in [0.4, 0.5) is 4.39 Å². The Labute approximate surface area is 92.8 Å². The standard InChI is InChI=1S/C11H13FO2S/c1-8(11(13)14-2)15-7-9-5-3-4-6-10(9)12/h3-6,8H,7H2,1-2H3. The van der Waals surface area contributed by atoms with E-state index in [1.807, 2.05) is 0 Å². The van der Waals surface area contributed by atoms with Crippen molar-refractivity contribution >= 4 is 17.7 Å². The summed E-state index contributed by atoms with van der Waals surface area (Å²) in [6.07, 6.45) is 0. The molecule has 0 saturated carbocycles. The topological polar surface area (TPSA) is 26.3 Å². The van der Waals surface area contributed by atoms with Crippen molar-refractivity contribution < 1.29 is 13.9 Å². The molecule has 0 bridgehead atoms. The lowest BCUT2D eigenvalue weighted by atomic mass is 10.2. The van der Waals surface area contributed by atoms with E-state index < -0.39 is 0 Å². The Morgan fingerprint density at radius 3 is 2.80 bits per heavy atom. The first-order valence-corrected chi connectivity index (χ1v) is 5.63. The summed E-state index contributed by atoms with van der Waals surface area (Å²) in [4.78, 5) is 11.1. The maximum absolute atomic E-state index is 13.2. The van der Waals surface area contributed by atoms with Gasteiger partial charge in [-0.3, -0.25) is 4.79 Å². The summed E-state index contributed by atoms with van der Waals surface area (Å²) in [5.41, 5.74) is 0.609. The number of thioether (sulfide) groups is 1. The molecule has 1 aromatic carbocycles. The molecule has 0 aromatic heterocycles. The minimum absolute atomic E-state index is 0.234. The second kappa shape index (κ2) is 5.75. The molecule has 0 amide bonds. The molecular weight excluding hydrogens is 215 g/mol. The van der Waals surface area contributed by atoms with Crippen LogP contribution >= 0.6 is 11.8 Å². The summed E-state index contributed by atoms with van der Waals surface area (Å²) in [7, 11) is 1.35. The van der Waals surface area contributed by atoms with Crippen molar-refractivity contribution in [3.05, 3.63) is 35.6 Å². The molecule has 1 aromatic rings. The molecule has 0 saturated heterocycles. The van der Waals surface area contributed by atoms with Gasteiger partial charge in [-0.15, -0.1) is 11.8 Å². The Bertz CT molecular complexity index is 341. The Morgan fingerprint density at radius 2 is 2.20 bits per heavy atom. The van der Waals surface area contributed by atoms with Crippen LogP contribution in [-0.4, -0.2) is 18.3 Å². The van der Waals surface area contributed by atoms with E-state index in [0.29, 0.717) is 11.3 Å². The third-order valence-electron chi connectivity index (χ3n) is 1.98. The Kier molecular flexibility index (Phi) is 4.62. The van der Waals surface area contributed by atoms with Gasteiger partial charge in [-0.1, -0.05) is 18.2 Å². The lowest BCUT2D eigenvalue weighted by molar-refractivity contribution is -0.139. The van der Waals surface area contributed by atoms with Crippen LogP contribution in [0, 0.1) is 5.82 Å². The molecule has 2 nitrogen and oxygen atoms in total. The zero-order chi connectivity index (χ0) is 11.3. The average molecular weight is 228 g/mol. The second-order valence-electron chi connectivity index (χ2n) is 3.07. The third-order valence-corrected chi connectivity index (χ3v) is 3.15. The molecule has 82 valence electrons. The Morgan fingerprint density at radius 1 is 1.53 bits per heavy atom. The molecule has 1 rings (SSSR count). The quantitative estimate of drug-likeness (QED) is 0.741. The highest BCUT2D eigenvalue weighted by atomic mass is 32.2. The molecule has 0 heterocycles. The number of ether oxygens (including phenoxy) is 1. The van der Waals surface area contributed by atoms with Crippen molar-refractivity contribution in [3.63, 3.8) is 0 Å². The zero-order valence-electron chi connectivity index (χ0n) is 8.70. The fourth-order valence-electron chi connectivity index (χ4n) is 1.06. The van der Waals surface area contributed by atoms with Crippen LogP contribution < -0.4 is 0 Å². The fraction of sp³-hybridized carbons (Fsp3) is 0.364. The van der Waals surface area contributed by atoms with Crippen LogP contribution in [0.3, 0.4) is 0 Å². The first-order chi connectivity index (χ1) is 7.15. The SMILES string of the molecule is COC(=O)C(C)SCc1ccccc1F. The molecule has 0 N–H and O–H groups in total. The van der Waals surface area contributed by atoms with Gasteiger partial charge in [0.05, 0.1) is 12.4 Å². The molecule has 0 radical (unpaired) electrons. The van der Waals surface area contributed by atoms with Crippen molar-refractivity contribution in [2.75, 3.05) is 7.11 Å². The number of hydrogen-bond donors (Lipinski definition) is 0. The molecule has 0 aliphatic heterocycles. The van der Waals surface area contributed by atoms with Crippen molar-refractivity contribution in [1.82, 2.24) is 0 Å². The molecule has 1 atom stereocenters. The Hall–Kier alpha value is -1.03. The van der Waals surface area contributed by atoms with Crippen LogP contribution in [-0.2, 0) is 15.3 Å². The van der Waals surface area contributed by atoms with Gasteiger partial charge in [-0.05, 0) is 18.6 Å². The van der Waals surface area contributed by atoms with E-state index in [0.717, 1.165) is 0 Å². The molecule has 0 fully saturated rings. The summed E-state index contributed by atoms with van der Waals surface area (Å²) < 4.78 is 17.8. The normalized spacial score (nSPS) is 12.2. The Balaban J connectivity index is 2.50. The summed E-state index contributed by atoms with van der Waals surface area (Å²) in [5.74, 6) is -0.0402. The summed E-state index contributed by atoms with van der Waals surface area (Å²) in [5, 5.41) is -0.269. The molecule has 1 unspecified atom stereocenters. The van der Waals surface area contributed by atoms with Gasteiger partial charge in [-0.2, -0.15) is 0 Å². The van der Waals surface area contributed by atoms with Gasteiger partial charge in [-0.25, -0.2) is 4.39 Å². The monoisotopic (exact) mass is 228 g/mol. The lowest BCUT2D eigenvalue weighted by Crippen LogP contribution is -2.14. The van der Waals surface area contributed by atoms with E-state index in [2.05, 4.69) is 4.74 Å². The molecule has 4 heteroatoms. The molecule has 0 aliphatic carbocycles. The number of carbonyl (C=O) groups excluding carboxylic acids is 1. The maximum atomic E-state index is 13.2. The highest BCUT2D eigenvalue weighted by Gasteiger charge is 2.14. The van der Waals surface area contributed by atoms with Crippen LogP contribution in [0.5, 0.6) is 0 Å². The first-order valence-electron chi connectivity index (χ1n) is 4.58. The zero-order valence-corrected chi connectivity index (χ0v) is 9.51. The van der Waals surface area contributed by atoms with Crippen LogP contribution in [0.25, 0.3) is 0 Å². The van der Waals surface area contributed by atoms with E-state index in [1.165, 1.54) is 24.9 Å². The second-order valence-corrected chi connectivity index (χ2v) is 4.40. The highest BCUT2D eigenvalue weighted by Crippen LogP contribution is 2.20. The average Bonchev–Trinajstić information content (AvgIpc) is 2.26. The minimum Gasteiger partial charge on any atom is -0.468 e. The van der Waals surface area contributed by atoms with Crippen molar-refractivity contribution in [2.24, 2.45) is 0 Å². The lowest BCUT2D eigenvalue weighted by Gasteiger charge is -2.08. The van der Waals surface area contributed by atoms with E-state index in [4.69, 9.17) is 0 Å². The summed E-state index contributed by atoms with van der Waals surface area (Å²) >= 11 is 1.36. The molecule has 15 heavy (non-hydrogen) atoms. The largest absolute Gasteiger partial charge is 0.468 e. The van der Waals surface area contributed by atoms with Crippen LogP contribution in [0.15, 0.2) is 24.3 Å². The third kappa shape index (κ3) is 3.55. The van der Waals surface area contributed by atoms with Crippen molar-refractivity contribution in [3.8, 4) is 0 Å².